The Balaban J connectivity index is 1.41. The number of amides is 1. The first-order valence-corrected chi connectivity index (χ1v) is 16.6. The first-order chi connectivity index (χ1) is 23.9. The third-order valence-corrected chi connectivity index (χ3v) is 9.46. The van der Waals surface area contributed by atoms with Gasteiger partial charge in [0.05, 0.1) is 30.0 Å². The number of para-hydroxylation sites is 1. The van der Waals surface area contributed by atoms with Crippen LogP contribution in [0.1, 0.15) is 29.7 Å². The van der Waals surface area contributed by atoms with Gasteiger partial charge < -0.3 is 19.5 Å². The molecule has 6 aromatic rings. The van der Waals surface area contributed by atoms with Crippen molar-refractivity contribution in [3.63, 3.8) is 0 Å². The van der Waals surface area contributed by atoms with E-state index in [0.29, 0.717) is 55.7 Å². The zero-order valence-corrected chi connectivity index (χ0v) is 28.0. The molecule has 7 rings (SSSR count). The molecule has 1 aliphatic heterocycles. The molecule has 8 nitrogen and oxygen atoms in total. The van der Waals surface area contributed by atoms with Gasteiger partial charge in [-0.05, 0) is 59.7 Å². The molecule has 244 valence electrons. The largest absolute Gasteiger partial charge is 0.497 e. The number of methoxy groups -OCH3 is 2. The van der Waals surface area contributed by atoms with E-state index in [1.807, 2.05) is 109 Å². The van der Waals surface area contributed by atoms with Crippen LogP contribution in [0.5, 0.6) is 17.2 Å². The van der Waals surface area contributed by atoms with Crippen molar-refractivity contribution in [2.45, 2.75) is 19.6 Å². The van der Waals surface area contributed by atoms with Crippen LogP contribution in [0.2, 0.25) is 0 Å². The molecule has 5 aromatic carbocycles. The number of rotatable bonds is 9. The number of fused-ring (bicyclic) bond motifs is 2. The quantitative estimate of drug-likeness (QED) is 0.187. The Labute approximate surface area is 286 Å². The molecule has 1 aromatic heterocycles. The van der Waals surface area contributed by atoms with Gasteiger partial charge in [0, 0.05) is 22.9 Å². The molecular weight excluding hydrogens is 635 g/mol. The highest BCUT2D eigenvalue weighted by molar-refractivity contribution is 7.07. The first-order valence-electron chi connectivity index (χ1n) is 15.7. The lowest BCUT2D eigenvalue weighted by Gasteiger charge is -2.26. The van der Waals surface area contributed by atoms with E-state index in [4.69, 9.17) is 19.2 Å². The number of hydrogen-bond donors (Lipinski definition) is 1. The smallest absolute Gasteiger partial charge is 0.271 e. The van der Waals surface area contributed by atoms with Gasteiger partial charge in [-0.2, -0.15) is 0 Å². The molecule has 9 heteroatoms. The van der Waals surface area contributed by atoms with Gasteiger partial charge in [-0.3, -0.25) is 14.2 Å². The van der Waals surface area contributed by atoms with Gasteiger partial charge in [0.15, 0.2) is 4.80 Å². The van der Waals surface area contributed by atoms with Crippen molar-refractivity contribution >= 4 is 39.8 Å². The minimum absolute atomic E-state index is 0.286. The summed E-state index contributed by atoms with van der Waals surface area (Å²) in [6.07, 6.45) is 1.87. The van der Waals surface area contributed by atoms with Gasteiger partial charge in [-0.25, -0.2) is 4.99 Å². The van der Waals surface area contributed by atoms with Crippen molar-refractivity contribution < 1.29 is 19.0 Å². The summed E-state index contributed by atoms with van der Waals surface area (Å²) in [6, 6.07) is 35.7. The zero-order chi connectivity index (χ0) is 33.9. The molecule has 0 aliphatic carbocycles. The predicted octanol–water partition coefficient (Wildman–Crippen LogP) is 6.62. The fraction of sp³-hybridized carbons (Fsp3) is 0.125. The van der Waals surface area contributed by atoms with Crippen molar-refractivity contribution in [1.29, 1.82) is 0 Å². The summed E-state index contributed by atoms with van der Waals surface area (Å²) >= 11 is 1.27. The number of benzene rings is 5. The number of nitrogens with zero attached hydrogens (tertiary/aromatic N) is 2. The predicted molar refractivity (Wildman–Crippen MR) is 193 cm³/mol. The summed E-state index contributed by atoms with van der Waals surface area (Å²) in [7, 11) is 3.13. The summed E-state index contributed by atoms with van der Waals surface area (Å²) in [4.78, 5) is 34.0. The average Bonchev–Trinajstić information content (AvgIpc) is 3.44. The first kappa shape index (κ1) is 31.7. The van der Waals surface area contributed by atoms with E-state index in [9.17, 15) is 9.59 Å². The number of anilines is 1. The van der Waals surface area contributed by atoms with E-state index in [2.05, 4.69) is 5.32 Å². The van der Waals surface area contributed by atoms with Gasteiger partial charge in [-0.1, -0.05) is 90.2 Å². The maximum Gasteiger partial charge on any atom is 0.271 e. The number of allylic oxidation sites excluding steroid dienone is 1. The van der Waals surface area contributed by atoms with E-state index >= 15 is 0 Å². The molecule has 0 spiro atoms. The maximum atomic E-state index is 14.6. The lowest BCUT2D eigenvalue weighted by molar-refractivity contribution is -0.113. The van der Waals surface area contributed by atoms with E-state index in [1.165, 1.54) is 11.3 Å². The molecule has 0 radical (unpaired) electrons. The van der Waals surface area contributed by atoms with Crippen LogP contribution >= 0.6 is 11.3 Å². The second-order valence-electron chi connectivity index (χ2n) is 11.5. The summed E-state index contributed by atoms with van der Waals surface area (Å²) in [5.41, 5.74) is 3.63. The molecule has 2 heterocycles. The lowest BCUT2D eigenvalue weighted by atomic mass is 9.94. The molecule has 49 heavy (non-hydrogen) atoms. The van der Waals surface area contributed by atoms with Crippen LogP contribution in [0.15, 0.2) is 136 Å². The highest BCUT2D eigenvalue weighted by atomic mass is 32.1. The van der Waals surface area contributed by atoms with Crippen molar-refractivity contribution in [2.24, 2.45) is 4.99 Å². The highest BCUT2D eigenvalue weighted by Crippen LogP contribution is 2.38. The Kier molecular flexibility index (Phi) is 8.83. The van der Waals surface area contributed by atoms with E-state index in [1.54, 1.807) is 37.8 Å². The lowest BCUT2D eigenvalue weighted by Crippen LogP contribution is -2.40. The van der Waals surface area contributed by atoms with Gasteiger partial charge in [0.1, 0.15) is 29.9 Å². The third kappa shape index (κ3) is 6.24. The molecular formula is C40H33N3O5S. The molecule has 1 atom stereocenters. The molecule has 0 unspecified atom stereocenters. The maximum absolute atomic E-state index is 14.6. The van der Waals surface area contributed by atoms with E-state index in [0.717, 1.165) is 21.9 Å². The number of hydrogen-bond acceptors (Lipinski definition) is 7. The summed E-state index contributed by atoms with van der Waals surface area (Å²) in [6.45, 7) is 2.16. The number of aromatic nitrogens is 1. The highest BCUT2D eigenvalue weighted by Gasteiger charge is 2.34. The summed E-state index contributed by atoms with van der Waals surface area (Å²) in [5.74, 6) is 1.35. The zero-order valence-electron chi connectivity index (χ0n) is 27.2. The van der Waals surface area contributed by atoms with Crippen molar-refractivity contribution in [2.75, 3.05) is 19.5 Å². The summed E-state index contributed by atoms with van der Waals surface area (Å²) in [5, 5.41) is 4.96. The van der Waals surface area contributed by atoms with Crippen molar-refractivity contribution in [3.05, 3.63) is 163 Å². The van der Waals surface area contributed by atoms with Gasteiger partial charge >= 0.3 is 0 Å². The van der Waals surface area contributed by atoms with Crippen molar-refractivity contribution in [1.82, 2.24) is 4.57 Å². The molecule has 0 fully saturated rings. The second kappa shape index (κ2) is 13.7. The minimum Gasteiger partial charge on any atom is -0.497 e. The van der Waals surface area contributed by atoms with Crippen LogP contribution in [0.4, 0.5) is 5.69 Å². The summed E-state index contributed by atoms with van der Waals surface area (Å²) < 4.78 is 19.7. The Morgan fingerprint density at radius 3 is 2.37 bits per heavy atom. The number of nitrogens with one attached hydrogen (secondary N) is 1. The molecule has 1 N–H and O–H groups in total. The Bertz CT molecular complexity index is 2400. The van der Waals surface area contributed by atoms with Crippen LogP contribution in [0, 0.1) is 0 Å². The van der Waals surface area contributed by atoms with Crippen molar-refractivity contribution in [3.8, 4) is 17.2 Å². The van der Waals surface area contributed by atoms with Crippen LogP contribution in [0.25, 0.3) is 16.8 Å². The van der Waals surface area contributed by atoms with E-state index < -0.39 is 6.04 Å². The van der Waals surface area contributed by atoms with E-state index in [-0.39, 0.29) is 11.5 Å². The Morgan fingerprint density at radius 2 is 1.61 bits per heavy atom. The molecule has 1 aliphatic rings. The number of carbonyl (C=O) groups excluding carboxylic acids is 1. The molecule has 0 bridgehead atoms. The fourth-order valence-electron chi connectivity index (χ4n) is 6.09. The Hall–Kier alpha value is -5.93. The SMILES string of the molecule is COc1ccc([C@@H]2C(C(=O)Nc3ccccc3)=C(C)N=c3s/c(=C\c4c(OCc5ccccc5)ccc5ccccc45)c(=O)n32)c(OC)c1. The van der Waals surface area contributed by atoms with Crippen LogP contribution in [0.3, 0.4) is 0 Å². The topological polar surface area (TPSA) is 91.2 Å². The number of ether oxygens (including phenoxy) is 3. The van der Waals surface area contributed by atoms with Gasteiger partial charge in [-0.15, -0.1) is 0 Å². The Morgan fingerprint density at radius 1 is 0.878 bits per heavy atom. The molecule has 0 saturated heterocycles. The minimum atomic E-state index is -0.829. The average molecular weight is 668 g/mol. The molecule has 1 amide bonds. The van der Waals surface area contributed by atoms with Gasteiger partial charge in [0.2, 0.25) is 0 Å². The van der Waals surface area contributed by atoms with Crippen LogP contribution in [-0.4, -0.2) is 24.7 Å². The number of thiazole rings is 1. The van der Waals surface area contributed by atoms with Crippen LogP contribution < -0.4 is 34.4 Å². The fourth-order valence-corrected chi connectivity index (χ4v) is 7.12. The number of carbonyl (C=O) groups is 1. The standard InChI is InChI=1S/C40H33N3O5S/c1-25-36(38(44)42-28-15-8-5-9-16-28)37(31-20-19-29(46-2)22-34(31)47-3)43-39(45)35(49-40(43)41-25)23-32-30-17-11-10-14-27(30)18-21-33(32)48-24-26-12-6-4-7-13-26/h4-23,37H,24H2,1-3H3,(H,42,44)/b35-23-/t37-/m1/s1. The van der Waals surface area contributed by atoms with Crippen LogP contribution in [-0.2, 0) is 11.4 Å². The normalized spacial score (nSPS) is 14.3. The monoisotopic (exact) mass is 667 g/mol. The second-order valence-corrected chi connectivity index (χ2v) is 12.5. The third-order valence-electron chi connectivity index (χ3n) is 8.48. The van der Waals surface area contributed by atoms with Gasteiger partial charge in [0.25, 0.3) is 11.5 Å². The molecule has 0 saturated carbocycles.